The first-order valence-corrected chi connectivity index (χ1v) is 5.49. The molecule has 0 aliphatic heterocycles. The molecule has 0 radical (unpaired) electrons. The quantitative estimate of drug-likeness (QED) is 0.857. The Morgan fingerprint density at radius 3 is 2.35 bits per heavy atom. The van der Waals surface area contributed by atoms with Crippen LogP contribution in [0.2, 0.25) is 0 Å². The van der Waals surface area contributed by atoms with Crippen molar-refractivity contribution >= 4 is 11.7 Å². The number of esters is 1. The van der Waals surface area contributed by atoms with Crippen molar-refractivity contribution in [3.63, 3.8) is 0 Å². The zero-order chi connectivity index (χ0) is 14.9. The summed E-state index contributed by atoms with van der Waals surface area (Å²) in [4.78, 5) is 13.7. The number of hydrogen-bond acceptors (Lipinski definition) is 3. The number of hydrogen-bond donors (Lipinski definition) is 1. The summed E-state index contributed by atoms with van der Waals surface area (Å²) in [6.07, 6.45) is 0. The van der Waals surface area contributed by atoms with Crippen LogP contribution < -0.4 is 10.7 Å². The number of halogens is 3. The highest BCUT2D eigenvalue weighted by atomic mass is 19.1. The van der Waals surface area contributed by atoms with Crippen LogP contribution in [0, 0.1) is 17.5 Å². The molecule has 0 spiro atoms. The van der Waals surface area contributed by atoms with Crippen LogP contribution in [0.4, 0.5) is 18.9 Å². The summed E-state index contributed by atoms with van der Waals surface area (Å²) < 4.78 is 45.6. The SMILES string of the molecule is COC(=O)c1[nH+]c(-c2c(F)cccc2F)c(F)cc1N. The molecule has 0 aliphatic carbocycles. The summed E-state index contributed by atoms with van der Waals surface area (Å²) in [6, 6.07) is 3.88. The fraction of sp³-hybridized carbons (Fsp3) is 0.0769. The summed E-state index contributed by atoms with van der Waals surface area (Å²) in [5.41, 5.74) is 3.81. The van der Waals surface area contributed by atoms with Gasteiger partial charge in [-0.05, 0) is 12.1 Å². The Kier molecular flexibility index (Phi) is 3.60. The molecule has 0 unspecified atom stereocenters. The number of benzene rings is 1. The lowest BCUT2D eigenvalue weighted by atomic mass is 10.1. The van der Waals surface area contributed by atoms with Gasteiger partial charge < -0.3 is 10.5 Å². The third kappa shape index (κ3) is 2.29. The summed E-state index contributed by atoms with van der Waals surface area (Å²) in [7, 11) is 1.10. The maximum atomic E-state index is 13.8. The lowest BCUT2D eigenvalue weighted by Gasteiger charge is -2.04. The predicted octanol–water partition coefficient (Wildman–Crippen LogP) is 1.95. The van der Waals surface area contributed by atoms with Gasteiger partial charge in [-0.2, -0.15) is 9.37 Å². The van der Waals surface area contributed by atoms with Crippen molar-refractivity contribution in [1.29, 1.82) is 0 Å². The topological polar surface area (TPSA) is 66.5 Å². The predicted molar refractivity (Wildman–Crippen MR) is 64.1 cm³/mol. The Hall–Kier alpha value is -2.57. The van der Waals surface area contributed by atoms with Gasteiger partial charge in [0.05, 0.1) is 7.11 Å². The van der Waals surface area contributed by atoms with E-state index in [-0.39, 0.29) is 11.4 Å². The highest BCUT2D eigenvalue weighted by Gasteiger charge is 2.28. The Morgan fingerprint density at radius 1 is 1.20 bits per heavy atom. The molecule has 3 N–H and O–H groups in total. The van der Waals surface area contributed by atoms with Gasteiger partial charge in [-0.3, -0.25) is 0 Å². The number of methoxy groups -OCH3 is 1. The van der Waals surface area contributed by atoms with Crippen molar-refractivity contribution < 1.29 is 27.7 Å². The molecule has 0 bridgehead atoms. The summed E-state index contributed by atoms with van der Waals surface area (Å²) in [5, 5.41) is 0. The normalized spacial score (nSPS) is 10.4. The fourth-order valence-electron chi connectivity index (χ4n) is 1.73. The zero-order valence-corrected chi connectivity index (χ0v) is 10.3. The third-order valence-electron chi connectivity index (χ3n) is 2.66. The zero-order valence-electron chi connectivity index (χ0n) is 10.3. The number of ether oxygens (including phenoxy) is 1. The van der Waals surface area contributed by atoms with Crippen LogP contribution in [-0.4, -0.2) is 13.1 Å². The minimum Gasteiger partial charge on any atom is -0.461 e. The number of pyridine rings is 1. The standard InChI is InChI=1S/C13H9F3N2O2/c1-20-13(19)12-9(17)5-8(16)11(18-12)10-6(14)3-2-4-7(10)15/h2-5H,17H2,1H3/p+1. The van der Waals surface area contributed by atoms with E-state index >= 15 is 0 Å². The summed E-state index contributed by atoms with van der Waals surface area (Å²) in [5.74, 6) is -3.80. The number of carbonyl (C=O) groups is 1. The highest BCUT2D eigenvalue weighted by molar-refractivity contribution is 5.91. The van der Waals surface area contributed by atoms with E-state index < -0.39 is 34.7 Å². The van der Waals surface area contributed by atoms with Crippen molar-refractivity contribution in [2.75, 3.05) is 12.8 Å². The number of nitrogens with two attached hydrogens (primary N) is 1. The molecule has 0 amide bonds. The van der Waals surface area contributed by atoms with Gasteiger partial charge in [0.2, 0.25) is 0 Å². The molecule has 0 fully saturated rings. The average Bonchev–Trinajstić information content (AvgIpc) is 2.40. The largest absolute Gasteiger partial charge is 0.461 e. The maximum absolute atomic E-state index is 13.8. The Labute approximate surface area is 112 Å². The van der Waals surface area contributed by atoms with E-state index in [1.54, 1.807) is 0 Å². The van der Waals surface area contributed by atoms with Crippen LogP contribution in [0.15, 0.2) is 24.3 Å². The van der Waals surface area contributed by atoms with Gasteiger partial charge in [0, 0.05) is 6.07 Å². The molecule has 0 saturated carbocycles. The van der Waals surface area contributed by atoms with Crippen molar-refractivity contribution in [3.05, 3.63) is 47.4 Å². The molecule has 7 heteroatoms. The number of nitrogens with one attached hydrogen (secondary N) is 1. The Bertz CT molecular complexity index is 669. The molecule has 2 rings (SSSR count). The second kappa shape index (κ2) is 5.20. The second-order valence-corrected chi connectivity index (χ2v) is 3.91. The molecule has 1 aromatic heterocycles. The number of anilines is 1. The van der Waals surface area contributed by atoms with E-state index in [2.05, 4.69) is 9.72 Å². The van der Waals surface area contributed by atoms with Gasteiger partial charge >= 0.3 is 11.7 Å². The van der Waals surface area contributed by atoms with Crippen LogP contribution in [0.3, 0.4) is 0 Å². The maximum Gasteiger partial charge on any atom is 0.405 e. The molecule has 20 heavy (non-hydrogen) atoms. The van der Waals surface area contributed by atoms with Gasteiger partial charge in [-0.15, -0.1) is 0 Å². The smallest absolute Gasteiger partial charge is 0.405 e. The number of carbonyl (C=O) groups excluding carboxylic acids is 1. The summed E-state index contributed by atoms with van der Waals surface area (Å²) in [6.45, 7) is 0. The first-order chi connectivity index (χ1) is 9.45. The van der Waals surface area contributed by atoms with Crippen LogP contribution in [0.1, 0.15) is 10.5 Å². The molecule has 4 nitrogen and oxygen atoms in total. The monoisotopic (exact) mass is 283 g/mol. The minimum absolute atomic E-state index is 0.227. The van der Waals surface area contributed by atoms with Crippen LogP contribution >= 0.6 is 0 Å². The minimum atomic E-state index is -0.987. The number of nitrogen functional groups attached to an aromatic ring is 1. The number of aromatic amines is 1. The first-order valence-electron chi connectivity index (χ1n) is 5.49. The molecular weight excluding hydrogens is 273 g/mol. The molecule has 0 saturated heterocycles. The lowest BCUT2D eigenvalue weighted by molar-refractivity contribution is -0.372. The molecule has 0 atom stereocenters. The van der Waals surface area contributed by atoms with Crippen molar-refractivity contribution in [1.82, 2.24) is 0 Å². The van der Waals surface area contributed by atoms with Gasteiger partial charge in [0.1, 0.15) is 22.9 Å². The number of H-pyrrole nitrogens is 1. The van der Waals surface area contributed by atoms with Crippen LogP contribution in [0.5, 0.6) is 0 Å². The fourth-order valence-corrected chi connectivity index (χ4v) is 1.73. The van der Waals surface area contributed by atoms with Gasteiger partial charge in [0.25, 0.3) is 5.69 Å². The van der Waals surface area contributed by atoms with E-state index in [4.69, 9.17) is 5.73 Å². The van der Waals surface area contributed by atoms with Gasteiger partial charge in [-0.25, -0.2) is 13.6 Å². The molecule has 2 aromatic rings. The number of aromatic nitrogens is 1. The van der Waals surface area contributed by atoms with E-state index in [9.17, 15) is 18.0 Å². The second-order valence-electron chi connectivity index (χ2n) is 3.91. The number of rotatable bonds is 2. The molecule has 104 valence electrons. The average molecular weight is 283 g/mol. The first kappa shape index (κ1) is 13.9. The van der Waals surface area contributed by atoms with Crippen molar-refractivity contribution in [2.45, 2.75) is 0 Å². The Morgan fingerprint density at radius 2 is 1.80 bits per heavy atom. The van der Waals surface area contributed by atoms with Gasteiger partial charge in [-0.1, -0.05) is 6.07 Å². The van der Waals surface area contributed by atoms with E-state index in [1.165, 1.54) is 0 Å². The molecule has 1 heterocycles. The molecular formula is C13H10F3N2O2+. The van der Waals surface area contributed by atoms with Crippen LogP contribution in [-0.2, 0) is 4.74 Å². The Balaban J connectivity index is 2.72. The highest BCUT2D eigenvalue weighted by Crippen LogP contribution is 2.26. The van der Waals surface area contributed by atoms with Crippen molar-refractivity contribution in [3.8, 4) is 11.3 Å². The molecule has 0 aliphatic rings. The van der Waals surface area contributed by atoms with E-state index in [0.29, 0.717) is 0 Å². The van der Waals surface area contributed by atoms with Gasteiger partial charge in [0.15, 0.2) is 5.82 Å². The summed E-state index contributed by atoms with van der Waals surface area (Å²) >= 11 is 0. The van der Waals surface area contributed by atoms with E-state index in [0.717, 1.165) is 31.4 Å². The lowest BCUT2D eigenvalue weighted by Crippen LogP contribution is -2.24. The third-order valence-corrected chi connectivity index (χ3v) is 2.66. The van der Waals surface area contributed by atoms with Crippen molar-refractivity contribution in [2.24, 2.45) is 0 Å². The van der Waals surface area contributed by atoms with E-state index in [1.807, 2.05) is 0 Å². The van der Waals surface area contributed by atoms with Crippen LogP contribution in [0.25, 0.3) is 11.3 Å². The molecule has 1 aromatic carbocycles.